The molecule has 0 aliphatic heterocycles. The van der Waals surface area contributed by atoms with Crippen molar-refractivity contribution in [2.45, 2.75) is 13.0 Å². The number of benzene rings is 1. The van der Waals surface area contributed by atoms with Crippen molar-refractivity contribution < 1.29 is 9.84 Å². The molecule has 0 radical (unpaired) electrons. The summed E-state index contributed by atoms with van der Waals surface area (Å²) in [6.45, 7) is 1.65. The molecule has 5 heteroatoms. The summed E-state index contributed by atoms with van der Waals surface area (Å²) in [5, 5.41) is 9.53. The number of aromatic nitrogens is 2. The third-order valence-electron chi connectivity index (χ3n) is 2.73. The maximum absolute atomic E-state index is 12.2. The average molecular weight is 234 g/mol. The standard InChI is InChI=1S/C12H14N2O3/c1-8(6-15)14-7-13-9-4-3-5-10(17-2)11(9)12(14)16/h3-5,7-8,15H,6H2,1-2H3/t8-/m0/s1. The van der Waals surface area contributed by atoms with Crippen molar-refractivity contribution in [3.8, 4) is 5.75 Å². The first-order chi connectivity index (χ1) is 8.19. The molecule has 0 spiro atoms. The summed E-state index contributed by atoms with van der Waals surface area (Å²) in [7, 11) is 1.51. The number of methoxy groups -OCH3 is 1. The number of aliphatic hydroxyl groups is 1. The molecule has 2 aromatic rings. The van der Waals surface area contributed by atoms with E-state index in [9.17, 15) is 4.79 Å². The van der Waals surface area contributed by atoms with E-state index in [0.717, 1.165) is 0 Å². The van der Waals surface area contributed by atoms with Gasteiger partial charge in [0, 0.05) is 0 Å². The quantitative estimate of drug-likeness (QED) is 0.859. The van der Waals surface area contributed by atoms with Gasteiger partial charge in [0.1, 0.15) is 11.1 Å². The van der Waals surface area contributed by atoms with E-state index in [2.05, 4.69) is 4.98 Å². The van der Waals surface area contributed by atoms with Crippen molar-refractivity contribution in [1.29, 1.82) is 0 Å². The second-order valence-electron chi connectivity index (χ2n) is 3.84. The molecule has 0 bridgehead atoms. The fraction of sp³-hybridized carbons (Fsp3) is 0.333. The number of fused-ring (bicyclic) bond motifs is 1. The first kappa shape index (κ1) is 11.6. The molecule has 1 aromatic heterocycles. The Hall–Kier alpha value is -1.88. The van der Waals surface area contributed by atoms with Crippen LogP contribution in [0.15, 0.2) is 29.3 Å². The second kappa shape index (κ2) is 4.55. The third kappa shape index (κ3) is 1.89. The molecule has 0 unspecified atom stereocenters. The maximum atomic E-state index is 12.2. The molecule has 1 N–H and O–H groups in total. The average Bonchev–Trinajstić information content (AvgIpc) is 2.37. The molecule has 0 saturated carbocycles. The van der Waals surface area contributed by atoms with Gasteiger partial charge in [-0.25, -0.2) is 4.98 Å². The lowest BCUT2D eigenvalue weighted by Crippen LogP contribution is -2.25. The minimum Gasteiger partial charge on any atom is -0.496 e. The lowest BCUT2D eigenvalue weighted by Gasteiger charge is -2.13. The molecule has 17 heavy (non-hydrogen) atoms. The zero-order valence-corrected chi connectivity index (χ0v) is 9.75. The van der Waals surface area contributed by atoms with Crippen LogP contribution >= 0.6 is 0 Å². The summed E-state index contributed by atoms with van der Waals surface area (Å²) < 4.78 is 6.57. The third-order valence-corrected chi connectivity index (χ3v) is 2.73. The first-order valence-corrected chi connectivity index (χ1v) is 5.33. The highest BCUT2D eigenvalue weighted by Crippen LogP contribution is 2.20. The van der Waals surface area contributed by atoms with Gasteiger partial charge in [0.15, 0.2) is 0 Å². The molecular weight excluding hydrogens is 220 g/mol. The highest BCUT2D eigenvalue weighted by Gasteiger charge is 2.12. The summed E-state index contributed by atoms with van der Waals surface area (Å²) in [5.41, 5.74) is 0.393. The van der Waals surface area contributed by atoms with Crippen molar-refractivity contribution in [3.05, 3.63) is 34.9 Å². The molecule has 0 saturated heterocycles. The minimum atomic E-state index is -0.302. The van der Waals surface area contributed by atoms with Crippen molar-refractivity contribution >= 4 is 10.9 Å². The monoisotopic (exact) mass is 234 g/mol. The van der Waals surface area contributed by atoms with Crippen molar-refractivity contribution in [3.63, 3.8) is 0 Å². The minimum absolute atomic E-state index is 0.109. The number of rotatable bonds is 3. The predicted molar refractivity (Wildman–Crippen MR) is 64.4 cm³/mol. The van der Waals surface area contributed by atoms with E-state index in [1.807, 2.05) is 0 Å². The van der Waals surface area contributed by atoms with Gasteiger partial charge in [0.25, 0.3) is 5.56 Å². The van der Waals surface area contributed by atoms with Crippen LogP contribution in [0.25, 0.3) is 10.9 Å². The summed E-state index contributed by atoms with van der Waals surface area (Å²) in [5.74, 6) is 0.500. The van der Waals surface area contributed by atoms with E-state index in [1.165, 1.54) is 18.0 Å². The van der Waals surface area contributed by atoms with Gasteiger partial charge in [-0.3, -0.25) is 9.36 Å². The van der Waals surface area contributed by atoms with Crippen LogP contribution in [-0.4, -0.2) is 28.4 Å². The predicted octanol–water partition coefficient (Wildman–Crippen LogP) is 0.958. The summed E-state index contributed by atoms with van der Waals surface area (Å²) in [4.78, 5) is 16.4. The lowest BCUT2D eigenvalue weighted by atomic mass is 10.2. The molecule has 2 rings (SSSR count). The Morgan fingerprint density at radius 2 is 2.29 bits per heavy atom. The Bertz CT molecular complexity index is 592. The van der Waals surface area contributed by atoms with Crippen LogP contribution in [0.5, 0.6) is 5.75 Å². The zero-order valence-electron chi connectivity index (χ0n) is 9.75. The zero-order chi connectivity index (χ0) is 12.4. The summed E-state index contributed by atoms with van der Waals surface area (Å²) in [6, 6.07) is 4.96. The van der Waals surface area contributed by atoms with Crippen LogP contribution in [0.4, 0.5) is 0 Å². The molecule has 0 aliphatic rings. The van der Waals surface area contributed by atoms with Gasteiger partial charge in [-0.15, -0.1) is 0 Å². The Kier molecular flexibility index (Phi) is 3.10. The SMILES string of the molecule is COc1cccc2ncn([C@@H](C)CO)c(=O)c12. The van der Waals surface area contributed by atoms with Crippen LogP contribution in [0.1, 0.15) is 13.0 Å². The highest BCUT2D eigenvalue weighted by atomic mass is 16.5. The molecule has 1 aromatic carbocycles. The Morgan fingerprint density at radius 1 is 1.53 bits per heavy atom. The van der Waals surface area contributed by atoms with Gasteiger partial charge in [-0.1, -0.05) is 6.07 Å². The number of hydrogen-bond acceptors (Lipinski definition) is 4. The van der Waals surface area contributed by atoms with Crippen LogP contribution in [-0.2, 0) is 0 Å². The molecule has 0 amide bonds. The fourth-order valence-corrected chi connectivity index (χ4v) is 1.72. The van der Waals surface area contributed by atoms with Gasteiger partial charge < -0.3 is 9.84 Å². The molecule has 1 atom stereocenters. The molecule has 0 aliphatic carbocycles. The van der Waals surface area contributed by atoms with Crippen LogP contribution < -0.4 is 10.3 Å². The van der Waals surface area contributed by atoms with Crippen LogP contribution in [0.2, 0.25) is 0 Å². The van der Waals surface area contributed by atoms with Gasteiger partial charge in [-0.2, -0.15) is 0 Å². The normalized spacial score (nSPS) is 12.6. The molecule has 0 fully saturated rings. The largest absolute Gasteiger partial charge is 0.496 e. The lowest BCUT2D eigenvalue weighted by molar-refractivity contribution is 0.235. The van der Waals surface area contributed by atoms with E-state index in [1.54, 1.807) is 25.1 Å². The van der Waals surface area contributed by atoms with Gasteiger partial charge in [0.2, 0.25) is 0 Å². The van der Waals surface area contributed by atoms with Gasteiger partial charge >= 0.3 is 0 Å². The number of nitrogens with zero attached hydrogens (tertiary/aromatic N) is 2. The highest BCUT2D eigenvalue weighted by molar-refractivity contribution is 5.83. The van der Waals surface area contributed by atoms with Crippen molar-refractivity contribution in [2.24, 2.45) is 0 Å². The van der Waals surface area contributed by atoms with Gasteiger partial charge in [0.05, 0.1) is 31.6 Å². The maximum Gasteiger partial charge on any atom is 0.265 e. The Morgan fingerprint density at radius 3 is 2.94 bits per heavy atom. The molecular formula is C12H14N2O3. The van der Waals surface area contributed by atoms with Gasteiger partial charge in [-0.05, 0) is 19.1 Å². The summed E-state index contributed by atoms with van der Waals surface area (Å²) >= 11 is 0. The fourth-order valence-electron chi connectivity index (χ4n) is 1.72. The second-order valence-corrected chi connectivity index (χ2v) is 3.84. The summed E-state index contributed by atoms with van der Waals surface area (Å²) in [6.07, 6.45) is 1.45. The van der Waals surface area contributed by atoms with E-state index >= 15 is 0 Å². The molecule has 5 nitrogen and oxygen atoms in total. The van der Waals surface area contributed by atoms with Crippen molar-refractivity contribution in [1.82, 2.24) is 9.55 Å². The molecule has 1 heterocycles. The molecule has 90 valence electrons. The number of hydrogen-bond donors (Lipinski definition) is 1. The topological polar surface area (TPSA) is 64.3 Å². The Balaban J connectivity index is 2.78. The number of ether oxygens (including phenoxy) is 1. The first-order valence-electron chi connectivity index (χ1n) is 5.33. The van der Waals surface area contributed by atoms with Crippen molar-refractivity contribution in [2.75, 3.05) is 13.7 Å². The van der Waals surface area contributed by atoms with E-state index < -0.39 is 0 Å². The van der Waals surface area contributed by atoms with E-state index in [4.69, 9.17) is 9.84 Å². The van der Waals surface area contributed by atoms with E-state index in [-0.39, 0.29) is 18.2 Å². The van der Waals surface area contributed by atoms with E-state index in [0.29, 0.717) is 16.7 Å². The smallest absolute Gasteiger partial charge is 0.265 e. The van der Waals surface area contributed by atoms with Crippen LogP contribution in [0.3, 0.4) is 0 Å². The van der Waals surface area contributed by atoms with Crippen LogP contribution in [0, 0.1) is 0 Å². The Labute approximate surface area is 98.3 Å². The number of aliphatic hydroxyl groups excluding tert-OH is 1.